The van der Waals surface area contributed by atoms with E-state index in [1.165, 1.54) is 38.1 Å². The van der Waals surface area contributed by atoms with Gasteiger partial charge in [0.2, 0.25) is 5.78 Å². The monoisotopic (exact) mass is 443 g/mol. The smallest absolute Gasteiger partial charge is 0.255 e. The SMILES string of the molecule is CN(C)[C@@H]1C(=O)C(C(N)=O)=C(O)[C@@]2(O)C(=O)C3=C(O)c4cccc(N)c4[C@@](C)(O)[C@H]3C[C@@H]12. The van der Waals surface area contributed by atoms with Gasteiger partial charge in [0.25, 0.3) is 5.91 Å². The van der Waals surface area contributed by atoms with Gasteiger partial charge in [-0.25, -0.2) is 0 Å². The van der Waals surface area contributed by atoms with Crippen LogP contribution in [0.15, 0.2) is 35.1 Å². The van der Waals surface area contributed by atoms with Gasteiger partial charge in [-0.2, -0.15) is 0 Å². The lowest BCUT2D eigenvalue weighted by Gasteiger charge is -2.53. The van der Waals surface area contributed by atoms with Crippen LogP contribution in [0.25, 0.3) is 5.76 Å². The van der Waals surface area contributed by atoms with Crippen LogP contribution in [0.5, 0.6) is 0 Å². The molecule has 5 atom stereocenters. The summed E-state index contributed by atoms with van der Waals surface area (Å²) in [5.74, 6) is -7.15. The number of anilines is 1. The molecule has 0 heterocycles. The van der Waals surface area contributed by atoms with E-state index in [4.69, 9.17) is 11.5 Å². The number of ketones is 2. The minimum Gasteiger partial charge on any atom is -0.508 e. The maximum Gasteiger partial charge on any atom is 0.255 e. The topological polar surface area (TPSA) is 187 Å². The van der Waals surface area contributed by atoms with Crippen LogP contribution in [0.4, 0.5) is 5.69 Å². The Morgan fingerprint density at radius 3 is 2.38 bits per heavy atom. The molecule has 8 N–H and O–H groups in total. The summed E-state index contributed by atoms with van der Waals surface area (Å²) in [6.07, 6.45) is -0.174. The number of nitrogen functional groups attached to an aromatic ring is 1. The summed E-state index contributed by atoms with van der Waals surface area (Å²) in [5.41, 5.74) is 6.31. The van der Waals surface area contributed by atoms with Gasteiger partial charge in [0.05, 0.1) is 11.6 Å². The van der Waals surface area contributed by atoms with Crippen molar-refractivity contribution in [3.8, 4) is 0 Å². The number of rotatable bonds is 2. The summed E-state index contributed by atoms with van der Waals surface area (Å²) in [6.45, 7) is 1.44. The number of amides is 1. The zero-order valence-corrected chi connectivity index (χ0v) is 17.8. The number of fused-ring (bicyclic) bond motifs is 3. The first-order chi connectivity index (χ1) is 14.8. The fraction of sp³-hybridized carbons (Fsp3) is 0.409. The van der Waals surface area contributed by atoms with Gasteiger partial charge in [-0.15, -0.1) is 0 Å². The van der Waals surface area contributed by atoms with Gasteiger partial charge in [-0.1, -0.05) is 12.1 Å². The lowest BCUT2D eigenvalue weighted by Crippen LogP contribution is -2.67. The van der Waals surface area contributed by atoms with Crippen LogP contribution in [0.2, 0.25) is 0 Å². The molecule has 10 heteroatoms. The fourth-order valence-corrected chi connectivity index (χ4v) is 5.62. The number of hydrogen-bond donors (Lipinski definition) is 6. The lowest BCUT2D eigenvalue weighted by atomic mass is 9.54. The first-order valence-corrected chi connectivity index (χ1v) is 10.0. The molecule has 10 nitrogen and oxygen atoms in total. The molecule has 3 aliphatic rings. The number of carbonyl (C=O) groups is 3. The van der Waals surface area contributed by atoms with Crippen LogP contribution >= 0.6 is 0 Å². The van der Waals surface area contributed by atoms with Crippen LogP contribution in [-0.4, -0.2) is 68.5 Å². The number of primary amides is 1. The molecule has 0 radical (unpaired) electrons. The molecular weight excluding hydrogens is 418 g/mol. The Hall–Kier alpha value is -3.21. The van der Waals surface area contributed by atoms with E-state index >= 15 is 0 Å². The van der Waals surface area contributed by atoms with Crippen LogP contribution in [0.3, 0.4) is 0 Å². The van der Waals surface area contributed by atoms with Crippen LogP contribution in [-0.2, 0) is 20.0 Å². The molecule has 0 bridgehead atoms. The fourth-order valence-electron chi connectivity index (χ4n) is 5.62. The summed E-state index contributed by atoms with van der Waals surface area (Å²) < 4.78 is 0. The highest BCUT2D eigenvalue weighted by atomic mass is 16.3. The number of aliphatic hydroxyl groups is 4. The van der Waals surface area contributed by atoms with Crippen molar-refractivity contribution in [2.45, 2.75) is 30.6 Å². The van der Waals surface area contributed by atoms with Crippen molar-refractivity contribution >= 4 is 28.9 Å². The summed E-state index contributed by atoms with van der Waals surface area (Å²) in [4.78, 5) is 40.1. The quantitative estimate of drug-likeness (QED) is 0.259. The summed E-state index contributed by atoms with van der Waals surface area (Å²) >= 11 is 0. The highest BCUT2D eigenvalue weighted by molar-refractivity contribution is 6.24. The van der Waals surface area contributed by atoms with Gasteiger partial charge >= 0.3 is 0 Å². The van der Waals surface area contributed by atoms with E-state index < -0.39 is 63.6 Å². The standard InChI is InChI=1S/C22H25N3O7/c1-21(31)9-7-10-15(25(2)3)17(27)13(20(24)30)19(29)22(10,32)18(28)12(9)16(26)8-5-4-6-11(23)14(8)21/h4-6,9-10,15,26,29,31-32H,7,23H2,1-3H3,(H2,24,30)/t9-,10-,15-,21-,22-/m0/s1. The molecule has 0 aromatic heterocycles. The third kappa shape index (κ3) is 2.48. The second kappa shape index (κ2) is 6.64. The number of hydrogen-bond acceptors (Lipinski definition) is 9. The molecule has 1 aromatic carbocycles. The van der Waals surface area contributed by atoms with Gasteiger partial charge < -0.3 is 31.9 Å². The molecule has 1 amide bonds. The van der Waals surface area contributed by atoms with Crippen LogP contribution in [0.1, 0.15) is 24.5 Å². The number of aliphatic hydroxyl groups excluding tert-OH is 2. The molecule has 0 aliphatic heterocycles. The van der Waals surface area contributed by atoms with Crippen molar-refractivity contribution in [3.63, 3.8) is 0 Å². The second-order valence-electron chi connectivity index (χ2n) is 9.03. The Kier molecular flexibility index (Phi) is 4.57. The van der Waals surface area contributed by atoms with Crippen molar-refractivity contribution < 1.29 is 34.8 Å². The van der Waals surface area contributed by atoms with E-state index in [1.54, 1.807) is 6.07 Å². The molecule has 1 saturated carbocycles. The minimum absolute atomic E-state index is 0.117. The van der Waals surface area contributed by atoms with E-state index in [1.807, 2.05) is 0 Å². The highest BCUT2D eigenvalue weighted by Crippen LogP contribution is 2.57. The molecule has 1 aromatic rings. The van der Waals surface area contributed by atoms with Gasteiger partial charge in [-0.05, 0) is 33.5 Å². The highest BCUT2D eigenvalue weighted by Gasteiger charge is 2.66. The molecule has 0 unspecified atom stereocenters. The van der Waals surface area contributed by atoms with Crippen molar-refractivity contribution in [1.82, 2.24) is 4.90 Å². The number of benzene rings is 1. The zero-order chi connectivity index (χ0) is 23.9. The number of nitrogens with zero attached hydrogens (tertiary/aromatic N) is 1. The average molecular weight is 443 g/mol. The van der Waals surface area contributed by atoms with E-state index in [0.717, 1.165) is 0 Å². The molecule has 4 rings (SSSR count). The van der Waals surface area contributed by atoms with Gasteiger partial charge in [0.15, 0.2) is 11.4 Å². The van der Waals surface area contributed by atoms with Crippen LogP contribution in [0, 0.1) is 11.8 Å². The number of Topliss-reactive ketones (excluding diaryl/α,β-unsaturated/α-hetero) is 2. The second-order valence-corrected chi connectivity index (χ2v) is 9.03. The Morgan fingerprint density at radius 1 is 1.19 bits per heavy atom. The number of carbonyl (C=O) groups excluding carboxylic acids is 3. The Bertz CT molecular complexity index is 1150. The Labute approximate surface area is 183 Å². The minimum atomic E-state index is -2.69. The maximum absolute atomic E-state index is 13.7. The normalized spacial score (nSPS) is 34.4. The molecule has 32 heavy (non-hydrogen) atoms. The summed E-state index contributed by atoms with van der Waals surface area (Å²) in [6, 6.07) is 3.36. The molecule has 3 aliphatic carbocycles. The molecule has 170 valence electrons. The molecule has 1 fully saturated rings. The largest absolute Gasteiger partial charge is 0.508 e. The van der Waals surface area contributed by atoms with Crippen LogP contribution < -0.4 is 11.5 Å². The predicted molar refractivity (Wildman–Crippen MR) is 113 cm³/mol. The van der Waals surface area contributed by atoms with Crippen molar-refractivity contribution in [1.29, 1.82) is 0 Å². The van der Waals surface area contributed by atoms with E-state index in [9.17, 15) is 34.8 Å². The maximum atomic E-state index is 13.7. The Morgan fingerprint density at radius 2 is 1.81 bits per heavy atom. The summed E-state index contributed by atoms with van der Waals surface area (Å²) in [5, 5.41) is 44.8. The third-order valence-corrected chi connectivity index (χ3v) is 7.05. The molecular formula is C22H25N3O7. The van der Waals surface area contributed by atoms with E-state index in [-0.39, 0.29) is 28.8 Å². The van der Waals surface area contributed by atoms with Gasteiger partial charge in [-0.3, -0.25) is 19.3 Å². The molecule has 0 saturated heterocycles. The number of likely N-dealkylation sites (N-methyl/N-ethyl adjacent to an activating group) is 1. The first-order valence-electron chi connectivity index (χ1n) is 10.0. The summed E-state index contributed by atoms with van der Waals surface area (Å²) in [7, 11) is 3.03. The average Bonchev–Trinajstić information content (AvgIpc) is 2.68. The predicted octanol–water partition coefficient (Wildman–Crippen LogP) is -0.494. The van der Waals surface area contributed by atoms with Crippen molar-refractivity contribution in [2.24, 2.45) is 17.6 Å². The lowest BCUT2D eigenvalue weighted by molar-refractivity contribution is -0.159. The number of nitrogens with two attached hydrogens (primary N) is 2. The van der Waals surface area contributed by atoms with Gasteiger partial charge in [0.1, 0.15) is 17.1 Å². The van der Waals surface area contributed by atoms with E-state index in [2.05, 4.69) is 0 Å². The van der Waals surface area contributed by atoms with Gasteiger partial charge in [0, 0.05) is 34.2 Å². The van der Waals surface area contributed by atoms with E-state index in [0.29, 0.717) is 0 Å². The third-order valence-electron chi connectivity index (χ3n) is 7.05. The molecule has 0 spiro atoms. The van der Waals surface area contributed by atoms with Crippen molar-refractivity contribution in [2.75, 3.05) is 19.8 Å². The first kappa shape index (κ1) is 22.0. The zero-order valence-electron chi connectivity index (χ0n) is 17.8. The Balaban J connectivity index is 2.05. The van der Waals surface area contributed by atoms with Crippen molar-refractivity contribution in [3.05, 3.63) is 46.2 Å².